The molecule has 29 heavy (non-hydrogen) atoms. The summed E-state index contributed by atoms with van der Waals surface area (Å²) in [7, 11) is 0. The van der Waals surface area contributed by atoms with Crippen molar-refractivity contribution in [3.8, 4) is 0 Å². The number of nitrogens with one attached hydrogen (secondary N) is 1. The summed E-state index contributed by atoms with van der Waals surface area (Å²) in [5.74, 6) is -0.910. The van der Waals surface area contributed by atoms with E-state index >= 15 is 0 Å². The van der Waals surface area contributed by atoms with Crippen LogP contribution in [0.25, 0.3) is 0 Å². The molecule has 0 aliphatic heterocycles. The molecular formula is C24H23ClN2O2. The van der Waals surface area contributed by atoms with Crippen molar-refractivity contribution >= 4 is 23.4 Å². The molecule has 0 spiro atoms. The van der Waals surface area contributed by atoms with Gasteiger partial charge in [-0.3, -0.25) is 9.59 Å². The van der Waals surface area contributed by atoms with E-state index in [1.165, 1.54) is 0 Å². The Morgan fingerprint density at radius 3 is 1.86 bits per heavy atom. The van der Waals surface area contributed by atoms with E-state index in [9.17, 15) is 9.59 Å². The molecule has 0 unspecified atom stereocenters. The third kappa shape index (κ3) is 4.49. The van der Waals surface area contributed by atoms with Gasteiger partial charge in [0.1, 0.15) is 6.04 Å². The van der Waals surface area contributed by atoms with Gasteiger partial charge in [0.2, 0.25) is 11.8 Å². The molecule has 0 saturated heterocycles. The second-order valence-electron chi connectivity index (χ2n) is 7.08. The molecule has 0 aliphatic rings. The quantitative estimate of drug-likeness (QED) is 0.625. The summed E-state index contributed by atoms with van der Waals surface area (Å²) in [6.07, 6.45) is 0.223. The molecule has 0 radical (unpaired) electrons. The van der Waals surface area contributed by atoms with Crippen molar-refractivity contribution in [2.45, 2.75) is 24.8 Å². The largest absolute Gasteiger partial charge is 0.368 e. The van der Waals surface area contributed by atoms with Gasteiger partial charge in [-0.15, -0.1) is 0 Å². The summed E-state index contributed by atoms with van der Waals surface area (Å²) in [6, 6.07) is 25.3. The molecule has 2 amide bonds. The van der Waals surface area contributed by atoms with Crippen LogP contribution in [0.15, 0.2) is 84.9 Å². The van der Waals surface area contributed by atoms with E-state index in [4.69, 9.17) is 17.3 Å². The number of carbonyl (C=O) groups is 2. The number of amides is 2. The average molecular weight is 407 g/mol. The van der Waals surface area contributed by atoms with E-state index in [2.05, 4.69) is 5.32 Å². The summed E-state index contributed by atoms with van der Waals surface area (Å²) in [6.45, 7) is 1.85. The Labute approximate surface area is 175 Å². The number of rotatable bonds is 7. The summed E-state index contributed by atoms with van der Waals surface area (Å²) in [5, 5.41) is 3.39. The zero-order chi connectivity index (χ0) is 20.9. The van der Waals surface area contributed by atoms with Crippen molar-refractivity contribution in [3.05, 3.63) is 107 Å². The van der Waals surface area contributed by atoms with E-state index in [1.807, 2.05) is 85.8 Å². The Hall–Kier alpha value is -3.11. The molecule has 4 nitrogen and oxygen atoms in total. The maximum absolute atomic E-state index is 13.5. The van der Waals surface area contributed by atoms with Crippen LogP contribution in [0.4, 0.5) is 0 Å². The average Bonchev–Trinajstić information content (AvgIpc) is 2.75. The lowest BCUT2D eigenvalue weighted by atomic mass is 9.75. The maximum Gasteiger partial charge on any atom is 0.240 e. The Morgan fingerprint density at radius 2 is 1.38 bits per heavy atom. The number of primary amides is 1. The minimum absolute atomic E-state index is 0.223. The molecule has 0 saturated carbocycles. The first-order valence-corrected chi connectivity index (χ1v) is 9.75. The Balaban J connectivity index is 1.95. The van der Waals surface area contributed by atoms with Crippen molar-refractivity contribution in [2.75, 3.05) is 0 Å². The number of halogens is 1. The Kier molecular flexibility index (Phi) is 6.35. The number of hydrogen-bond acceptors (Lipinski definition) is 2. The molecule has 3 N–H and O–H groups in total. The number of nitrogens with two attached hydrogens (primary N) is 1. The van der Waals surface area contributed by atoms with Gasteiger partial charge >= 0.3 is 0 Å². The minimum atomic E-state index is -0.989. The van der Waals surface area contributed by atoms with Gasteiger partial charge in [-0.2, -0.15) is 0 Å². The van der Waals surface area contributed by atoms with Crippen molar-refractivity contribution in [1.82, 2.24) is 5.32 Å². The second-order valence-corrected chi connectivity index (χ2v) is 7.49. The number of carbonyl (C=O) groups excluding carboxylic acids is 2. The topological polar surface area (TPSA) is 72.2 Å². The van der Waals surface area contributed by atoms with Gasteiger partial charge in [0.15, 0.2) is 0 Å². The van der Waals surface area contributed by atoms with Gasteiger partial charge in [-0.05, 0) is 29.7 Å². The highest BCUT2D eigenvalue weighted by atomic mass is 35.5. The van der Waals surface area contributed by atoms with Crippen molar-refractivity contribution < 1.29 is 9.59 Å². The smallest absolute Gasteiger partial charge is 0.240 e. The van der Waals surface area contributed by atoms with E-state index in [0.717, 1.165) is 16.7 Å². The molecule has 0 fully saturated rings. The van der Waals surface area contributed by atoms with Crippen LogP contribution >= 0.6 is 11.6 Å². The molecular weight excluding hydrogens is 384 g/mol. The fraction of sp³-hybridized carbons (Fsp3) is 0.167. The lowest BCUT2D eigenvalue weighted by Gasteiger charge is -2.31. The molecule has 0 aromatic heterocycles. The maximum atomic E-state index is 13.5. The van der Waals surface area contributed by atoms with Crippen molar-refractivity contribution in [2.24, 2.45) is 5.73 Å². The molecule has 3 aromatic carbocycles. The highest BCUT2D eigenvalue weighted by Gasteiger charge is 2.38. The lowest BCUT2D eigenvalue weighted by Crippen LogP contribution is -2.52. The van der Waals surface area contributed by atoms with Gasteiger partial charge in [0.05, 0.1) is 5.41 Å². The van der Waals surface area contributed by atoms with E-state index < -0.39 is 17.4 Å². The van der Waals surface area contributed by atoms with Gasteiger partial charge in [0.25, 0.3) is 0 Å². The number of hydrogen-bond donors (Lipinski definition) is 2. The minimum Gasteiger partial charge on any atom is -0.368 e. The third-order valence-corrected chi connectivity index (χ3v) is 5.56. The van der Waals surface area contributed by atoms with E-state index in [-0.39, 0.29) is 12.3 Å². The van der Waals surface area contributed by atoms with E-state index in [1.54, 1.807) is 6.07 Å². The summed E-state index contributed by atoms with van der Waals surface area (Å²) >= 11 is 6.23. The van der Waals surface area contributed by atoms with Crippen molar-refractivity contribution in [1.29, 1.82) is 0 Å². The van der Waals surface area contributed by atoms with Gasteiger partial charge < -0.3 is 11.1 Å². The van der Waals surface area contributed by atoms with Crippen LogP contribution in [-0.4, -0.2) is 17.9 Å². The lowest BCUT2D eigenvalue weighted by molar-refractivity contribution is -0.129. The number of benzene rings is 3. The first-order chi connectivity index (χ1) is 13.9. The predicted molar refractivity (Wildman–Crippen MR) is 116 cm³/mol. The fourth-order valence-electron chi connectivity index (χ4n) is 3.38. The normalized spacial score (nSPS) is 12.2. The highest BCUT2D eigenvalue weighted by molar-refractivity contribution is 6.31. The van der Waals surface area contributed by atoms with Crippen LogP contribution in [-0.2, 0) is 21.4 Å². The summed E-state index contributed by atoms with van der Waals surface area (Å²) in [4.78, 5) is 25.6. The van der Waals surface area contributed by atoms with Gasteiger partial charge in [0, 0.05) is 11.4 Å². The monoisotopic (exact) mass is 406 g/mol. The molecule has 3 aromatic rings. The summed E-state index contributed by atoms with van der Waals surface area (Å²) in [5.41, 5.74) is 7.01. The Bertz CT molecular complexity index is 951. The van der Waals surface area contributed by atoms with Crippen LogP contribution in [0.1, 0.15) is 23.6 Å². The SMILES string of the molecule is CC(C(=O)N[C@H](Cc1ccccc1Cl)C(N)=O)(c1ccccc1)c1ccccc1. The highest BCUT2D eigenvalue weighted by Crippen LogP contribution is 2.32. The van der Waals surface area contributed by atoms with Gasteiger partial charge in [-0.25, -0.2) is 0 Å². The second kappa shape index (κ2) is 8.93. The van der Waals surface area contributed by atoms with Crippen LogP contribution in [0.3, 0.4) is 0 Å². The van der Waals surface area contributed by atoms with Crippen LogP contribution < -0.4 is 11.1 Å². The first-order valence-electron chi connectivity index (χ1n) is 9.37. The Morgan fingerprint density at radius 1 is 0.897 bits per heavy atom. The van der Waals surface area contributed by atoms with E-state index in [0.29, 0.717) is 5.02 Å². The summed E-state index contributed by atoms with van der Waals surface area (Å²) < 4.78 is 0. The standard InChI is InChI=1S/C24H23ClN2O2/c1-24(18-11-4-2-5-12-18,19-13-6-3-7-14-19)23(29)27-21(22(26)28)16-17-10-8-9-15-20(17)25/h2-15,21H,16H2,1H3,(H2,26,28)(H,27,29)/t21-/m1/s1. The molecule has 3 rings (SSSR count). The first kappa shape index (κ1) is 20.6. The molecule has 5 heteroatoms. The van der Waals surface area contributed by atoms with Crippen LogP contribution in [0, 0.1) is 0 Å². The molecule has 0 heterocycles. The zero-order valence-corrected chi connectivity index (χ0v) is 16.9. The predicted octanol–water partition coefficient (Wildman–Crippen LogP) is 3.86. The van der Waals surface area contributed by atoms with Crippen molar-refractivity contribution in [3.63, 3.8) is 0 Å². The fourth-order valence-corrected chi connectivity index (χ4v) is 3.59. The molecule has 0 aliphatic carbocycles. The van der Waals surface area contributed by atoms with Gasteiger partial charge in [-0.1, -0.05) is 90.5 Å². The third-order valence-electron chi connectivity index (χ3n) is 5.19. The molecule has 148 valence electrons. The van der Waals surface area contributed by atoms with Crippen LogP contribution in [0.5, 0.6) is 0 Å². The molecule has 0 bridgehead atoms. The zero-order valence-electron chi connectivity index (χ0n) is 16.1. The van der Waals surface area contributed by atoms with Crippen LogP contribution in [0.2, 0.25) is 5.02 Å². The molecule has 1 atom stereocenters.